The van der Waals surface area contributed by atoms with Crippen LogP contribution in [0.15, 0.2) is 36.1 Å². The van der Waals surface area contributed by atoms with Gasteiger partial charge in [0.15, 0.2) is 11.5 Å². The van der Waals surface area contributed by atoms with E-state index in [1.54, 1.807) is 0 Å². The van der Waals surface area contributed by atoms with Gasteiger partial charge in [0.25, 0.3) is 0 Å². The lowest BCUT2D eigenvalue weighted by Crippen LogP contribution is -2.40. The molecule has 0 bridgehead atoms. The van der Waals surface area contributed by atoms with Crippen molar-refractivity contribution in [1.29, 1.82) is 0 Å². The van der Waals surface area contributed by atoms with E-state index >= 15 is 0 Å². The van der Waals surface area contributed by atoms with Crippen LogP contribution in [0.5, 0.6) is 17.2 Å². The van der Waals surface area contributed by atoms with E-state index in [9.17, 15) is 30.6 Å². The number of hydrogen-bond acceptors (Lipinski definition) is 6. The number of rotatable bonds is 1. The van der Waals surface area contributed by atoms with Crippen molar-refractivity contribution in [2.45, 2.75) is 11.7 Å². The molecule has 0 saturated carbocycles. The molecule has 0 aromatic heterocycles. The number of aromatic hydroxyl groups is 3. The minimum Gasteiger partial charge on any atom is -0.509 e. The molecule has 2 atom stereocenters. The average molecular weight is 252 g/mol. The van der Waals surface area contributed by atoms with E-state index in [-0.39, 0.29) is 5.56 Å². The van der Waals surface area contributed by atoms with Gasteiger partial charge in [0, 0.05) is 5.56 Å². The Morgan fingerprint density at radius 1 is 1.00 bits per heavy atom. The molecule has 1 aliphatic rings. The van der Waals surface area contributed by atoms with E-state index in [1.807, 2.05) is 0 Å². The fourth-order valence-electron chi connectivity index (χ4n) is 1.83. The zero-order valence-corrected chi connectivity index (χ0v) is 9.15. The number of phenols is 3. The summed E-state index contributed by atoms with van der Waals surface area (Å²) < 4.78 is 0. The summed E-state index contributed by atoms with van der Waals surface area (Å²) in [5.41, 5.74) is -2.32. The molecule has 96 valence electrons. The molecule has 0 heterocycles. The predicted molar refractivity (Wildman–Crippen MR) is 61.2 cm³/mol. The molecule has 1 aliphatic carbocycles. The number of benzene rings is 1. The van der Waals surface area contributed by atoms with Crippen molar-refractivity contribution in [1.82, 2.24) is 0 Å². The molecule has 2 unspecified atom stereocenters. The summed E-state index contributed by atoms with van der Waals surface area (Å²) in [5.74, 6) is -2.62. The fraction of sp³-hybridized carbons (Fsp3) is 0.167. The number of aliphatic hydroxyl groups is 3. The lowest BCUT2D eigenvalue weighted by Gasteiger charge is -2.32. The Kier molecular flexibility index (Phi) is 2.68. The highest BCUT2D eigenvalue weighted by atomic mass is 16.4. The van der Waals surface area contributed by atoms with Crippen molar-refractivity contribution in [3.63, 3.8) is 0 Å². The van der Waals surface area contributed by atoms with Crippen molar-refractivity contribution in [2.24, 2.45) is 0 Å². The zero-order chi connectivity index (χ0) is 13.5. The maximum Gasteiger partial charge on any atom is 0.200 e. The SMILES string of the molecule is OC1=CC=CC(O)(c2ccc(O)c(O)c2O)C1O. The highest BCUT2D eigenvalue weighted by Crippen LogP contribution is 2.44. The molecule has 0 fully saturated rings. The highest BCUT2D eigenvalue weighted by molar-refractivity contribution is 5.57. The van der Waals surface area contributed by atoms with Crippen LogP contribution in [0.1, 0.15) is 5.56 Å². The van der Waals surface area contributed by atoms with Crippen LogP contribution < -0.4 is 0 Å². The second-order valence-corrected chi connectivity index (χ2v) is 4.01. The maximum absolute atomic E-state index is 10.3. The van der Waals surface area contributed by atoms with Crippen molar-refractivity contribution >= 4 is 0 Å². The van der Waals surface area contributed by atoms with Gasteiger partial charge in [-0.2, -0.15) is 0 Å². The van der Waals surface area contributed by atoms with Gasteiger partial charge in [-0.05, 0) is 24.3 Å². The molecular weight excluding hydrogens is 240 g/mol. The zero-order valence-electron chi connectivity index (χ0n) is 9.15. The number of allylic oxidation sites excluding steroid dienone is 2. The highest BCUT2D eigenvalue weighted by Gasteiger charge is 2.42. The third-order valence-corrected chi connectivity index (χ3v) is 2.88. The van der Waals surface area contributed by atoms with E-state index in [2.05, 4.69) is 0 Å². The normalized spacial score (nSPS) is 27.0. The van der Waals surface area contributed by atoms with Crippen LogP contribution in [0, 0.1) is 0 Å². The lowest BCUT2D eigenvalue weighted by molar-refractivity contribution is -0.0453. The van der Waals surface area contributed by atoms with Crippen LogP contribution in [-0.2, 0) is 5.60 Å². The average Bonchev–Trinajstić information content (AvgIpc) is 2.33. The van der Waals surface area contributed by atoms with Gasteiger partial charge in [0.1, 0.15) is 17.5 Å². The molecule has 2 rings (SSSR count). The van der Waals surface area contributed by atoms with Crippen molar-refractivity contribution in [2.75, 3.05) is 0 Å². The van der Waals surface area contributed by atoms with Gasteiger partial charge in [-0.3, -0.25) is 0 Å². The molecule has 0 saturated heterocycles. The summed E-state index contributed by atoms with van der Waals surface area (Å²) in [6, 6.07) is 2.19. The molecule has 0 amide bonds. The largest absolute Gasteiger partial charge is 0.509 e. The van der Waals surface area contributed by atoms with Gasteiger partial charge < -0.3 is 30.6 Å². The summed E-state index contributed by atoms with van der Waals surface area (Å²) in [6.45, 7) is 0. The molecule has 1 aromatic carbocycles. The Balaban J connectivity index is 2.59. The summed E-state index contributed by atoms with van der Waals surface area (Å²) in [7, 11) is 0. The second kappa shape index (κ2) is 3.94. The van der Waals surface area contributed by atoms with E-state index in [0.717, 1.165) is 18.2 Å². The standard InChI is InChI=1S/C12H12O6/c13-7-4-3-6(9(15)10(7)16)12(18)5-1-2-8(14)11(12)17/h1-5,11,13-18H. The van der Waals surface area contributed by atoms with Gasteiger partial charge in [0.2, 0.25) is 5.75 Å². The first kappa shape index (κ1) is 12.3. The number of aliphatic hydroxyl groups excluding tert-OH is 2. The van der Waals surface area contributed by atoms with Crippen LogP contribution in [0.25, 0.3) is 0 Å². The van der Waals surface area contributed by atoms with Gasteiger partial charge in [-0.15, -0.1) is 0 Å². The lowest BCUT2D eigenvalue weighted by atomic mass is 9.83. The molecular formula is C12H12O6. The molecule has 18 heavy (non-hydrogen) atoms. The quantitative estimate of drug-likeness (QED) is 0.401. The van der Waals surface area contributed by atoms with Gasteiger partial charge in [-0.1, -0.05) is 6.08 Å². The van der Waals surface area contributed by atoms with Crippen LogP contribution >= 0.6 is 0 Å². The van der Waals surface area contributed by atoms with Gasteiger partial charge >= 0.3 is 0 Å². The molecule has 1 aromatic rings. The third kappa shape index (κ3) is 1.59. The Bertz CT molecular complexity index is 548. The van der Waals surface area contributed by atoms with Crippen LogP contribution in [0.2, 0.25) is 0 Å². The summed E-state index contributed by atoms with van der Waals surface area (Å²) in [6.07, 6.45) is 1.96. The van der Waals surface area contributed by atoms with Crippen LogP contribution in [0.4, 0.5) is 0 Å². The summed E-state index contributed by atoms with van der Waals surface area (Å²) >= 11 is 0. The van der Waals surface area contributed by atoms with Crippen molar-refractivity contribution in [3.05, 3.63) is 41.7 Å². The van der Waals surface area contributed by atoms with Gasteiger partial charge in [0.05, 0.1) is 0 Å². The smallest absolute Gasteiger partial charge is 0.200 e. The second-order valence-electron chi connectivity index (χ2n) is 4.01. The minimum absolute atomic E-state index is 0.235. The van der Waals surface area contributed by atoms with Crippen LogP contribution in [0.3, 0.4) is 0 Å². The van der Waals surface area contributed by atoms with E-state index in [1.165, 1.54) is 12.2 Å². The third-order valence-electron chi connectivity index (χ3n) is 2.88. The topological polar surface area (TPSA) is 121 Å². The molecule has 6 N–H and O–H groups in total. The molecule has 6 heteroatoms. The van der Waals surface area contributed by atoms with E-state index < -0.39 is 34.7 Å². The van der Waals surface area contributed by atoms with Crippen LogP contribution in [-0.4, -0.2) is 36.7 Å². The monoisotopic (exact) mass is 252 g/mol. The molecule has 0 aliphatic heterocycles. The molecule has 0 spiro atoms. The van der Waals surface area contributed by atoms with E-state index in [4.69, 9.17) is 0 Å². The Labute approximate surface area is 102 Å². The van der Waals surface area contributed by atoms with E-state index in [0.29, 0.717) is 0 Å². The maximum atomic E-state index is 10.3. The Morgan fingerprint density at radius 3 is 2.33 bits per heavy atom. The first-order valence-corrected chi connectivity index (χ1v) is 5.11. The summed E-state index contributed by atoms with van der Waals surface area (Å²) in [4.78, 5) is 0. The molecule has 6 nitrogen and oxygen atoms in total. The molecule has 0 radical (unpaired) electrons. The van der Waals surface area contributed by atoms with Gasteiger partial charge in [-0.25, -0.2) is 0 Å². The minimum atomic E-state index is -2.09. The Hall–Kier alpha value is -2.18. The first-order chi connectivity index (χ1) is 8.38. The summed E-state index contributed by atoms with van der Waals surface area (Å²) in [5, 5.41) is 57.7. The van der Waals surface area contributed by atoms with Crippen molar-refractivity contribution in [3.8, 4) is 17.2 Å². The predicted octanol–water partition coefficient (Wildman–Crippen LogP) is 0.364. The Morgan fingerprint density at radius 2 is 1.67 bits per heavy atom. The fourth-order valence-corrected chi connectivity index (χ4v) is 1.83. The number of hydrogen-bond donors (Lipinski definition) is 6. The first-order valence-electron chi connectivity index (χ1n) is 5.11. The van der Waals surface area contributed by atoms with Crippen molar-refractivity contribution < 1.29 is 30.6 Å². The number of phenolic OH excluding ortho intramolecular Hbond substituents is 3.